The highest BCUT2D eigenvalue weighted by Crippen LogP contribution is 2.10. The Morgan fingerprint density at radius 3 is 2.93 bits per heavy atom. The Morgan fingerprint density at radius 2 is 2.29 bits per heavy atom. The molecule has 7 heteroatoms. The zero-order valence-corrected chi connectivity index (χ0v) is 10.5. The van der Waals surface area contributed by atoms with Crippen LogP contribution in [0.15, 0.2) is 0 Å². The summed E-state index contributed by atoms with van der Waals surface area (Å²) in [6, 6.07) is 0. The van der Waals surface area contributed by atoms with Gasteiger partial charge >= 0.3 is 6.09 Å². The Kier molecular flexibility index (Phi) is 11.6. The lowest BCUT2D eigenvalue weighted by Gasteiger charge is -2.05. The molecule has 0 unspecified atom stereocenters. The fraction of sp³-hybridized carbons (Fsp3) is 0.857. The number of ether oxygens (including phenoxy) is 1. The van der Waals surface area contributed by atoms with Crippen LogP contribution in [0.5, 0.6) is 0 Å². The van der Waals surface area contributed by atoms with Gasteiger partial charge in [-0.1, -0.05) is 0 Å². The Labute approximate surface area is 96.9 Å². The van der Waals surface area contributed by atoms with Crippen molar-refractivity contribution in [1.29, 1.82) is 0 Å². The molecule has 0 saturated carbocycles. The van der Waals surface area contributed by atoms with Gasteiger partial charge in [0.2, 0.25) is 0 Å². The van der Waals surface area contributed by atoms with Crippen LogP contribution in [0.25, 0.3) is 0 Å². The van der Waals surface area contributed by atoms with E-state index in [1.807, 2.05) is 6.26 Å². The number of aliphatic hydroxyl groups is 1. The lowest BCUT2D eigenvalue weighted by Crippen LogP contribution is -2.26. The summed E-state index contributed by atoms with van der Waals surface area (Å²) in [6.45, 7) is 0.635. The van der Waals surface area contributed by atoms with Crippen LogP contribution in [0.1, 0.15) is 0 Å². The predicted octanol–water partition coefficient (Wildman–Crippen LogP) is 1.41. The molecular weight excluding hydrogens is 242 g/mol. The molecule has 0 aliphatic heterocycles. The highest BCUT2D eigenvalue weighted by Gasteiger charge is 1.99. The largest absolute Gasteiger partial charge is 0.438 e. The Morgan fingerprint density at radius 1 is 1.50 bits per heavy atom. The van der Waals surface area contributed by atoms with Crippen molar-refractivity contribution in [2.24, 2.45) is 0 Å². The van der Waals surface area contributed by atoms with Crippen LogP contribution in [0.2, 0.25) is 0 Å². The van der Waals surface area contributed by atoms with Crippen molar-refractivity contribution in [3.05, 3.63) is 0 Å². The minimum absolute atomic E-state index is 0.104. The van der Waals surface area contributed by atoms with Crippen molar-refractivity contribution >= 4 is 41.4 Å². The molecule has 0 radical (unpaired) electrons. The third kappa shape index (κ3) is 10.4. The normalized spacial score (nSPS) is 9.86. The van der Waals surface area contributed by atoms with E-state index in [9.17, 15) is 4.79 Å². The van der Waals surface area contributed by atoms with Gasteiger partial charge in [-0.25, -0.2) is 4.79 Å². The van der Waals surface area contributed by atoms with Crippen LogP contribution in [0.4, 0.5) is 4.79 Å². The molecule has 4 nitrogen and oxygen atoms in total. The molecule has 84 valence electrons. The molecule has 0 bridgehead atoms. The van der Waals surface area contributed by atoms with E-state index in [2.05, 4.69) is 5.32 Å². The summed E-state index contributed by atoms with van der Waals surface area (Å²) in [5.74, 6) is 1.33. The summed E-state index contributed by atoms with van der Waals surface area (Å²) in [5, 5.41) is 11.8. The first-order valence-corrected chi connectivity index (χ1v) is 7.67. The van der Waals surface area contributed by atoms with E-state index in [-0.39, 0.29) is 12.0 Å². The first-order chi connectivity index (χ1) is 6.81. The molecule has 0 aliphatic rings. The monoisotopic (exact) mass is 257 g/mol. The van der Waals surface area contributed by atoms with Gasteiger partial charge in [0.15, 0.2) is 0 Å². The number of carbonyl (C=O) groups is 1. The van der Waals surface area contributed by atoms with Crippen molar-refractivity contribution in [3.63, 3.8) is 0 Å². The van der Waals surface area contributed by atoms with Gasteiger partial charge in [-0.2, -0.15) is 11.8 Å². The number of thioether (sulfide) groups is 3. The van der Waals surface area contributed by atoms with Crippen molar-refractivity contribution in [1.82, 2.24) is 5.32 Å². The number of hydrogen-bond donors (Lipinski definition) is 2. The van der Waals surface area contributed by atoms with E-state index in [1.54, 1.807) is 11.8 Å². The highest BCUT2D eigenvalue weighted by atomic mass is 32.2. The lowest BCUT2D eigenvalue weighted by atomic mass is 10.7. The molecule has 0 heterocycles. The maximum Gasteiger partial charge on any atom is 0.407 e. The van der Waals surface area contributed by atoms with E-state index in [0.717, 1.165) is 10.8 Å². The SMILES string of the molecule is CSCCNC(=O)OCSCSCO. The minimum atomic E-state index is -0.374. The van der Waals surface area contributed by atoms with Gasteiger partial charge in [-0.05, 0) is 6.26 Å². The van der Waals surface area contributed by atoms with E-state index in [4.69, 9.17) is 9.84 Å². The van der Waals surface area contributed by atoms with Crippen LogP contribution in [-0.4, -0.2) is 46.7 Å². The van der Waals surface area contributed by atoms with Crippen molar-refractivity contribution in [3.8, 4) is 0 Å². The van der Waals surface area contributed by atoms with Crippen molar-refractivity contribution < 1.29 is 14.6 Å². The van der Waals surface area contributed by atoms with Crippen LogP contribution in [0, 0.1) is 0 Å². The summed E-state index contributed by atoms with van der Waals surface area (Å²) in [5.41, 5.74) is 0. The summed E-state index contributed by atoms with van der Waals surface area (Å²) in [7, 11) is 0. The van der Waals surface area contributed by atoms with Crippen molar-refractivity contribution in [2.45, 2.75) is 0 Å². The van der Waals surface area contributed by atoms with E-state index in [1.165, 1.54) is 23.5 Å². The highest BCUT2D eigenvalue weighted by molar-refractivity contribution is 8.15. The first kappa shape index (κ1) is 14.3. The molecule has 0 rings (SSSR count). The fourth-order valence-electron chi connectivity index (χ4n) is 0.532. The second kappa shape index (κ2) is 11.4. The fourth-order valence-corrected chi connectivity index (χ4v) is 2.07. The van der Waals surface area contributed by atoms with E-state index in [0.29, 0.717) is 12.5 Å². The molecule has 0 saturated heterocycles. The van der Waals surface area contributed by atoms with Crippen molar-refractivity contribution in [2.75, 3.05) is 35.5 Å². The van der Waals surface area contributed by atoms with E-state index < -0.39 is 0 Å². The quantitative estimate of drug-likeness (QED) is 0.506. The molecule has 2 N–H and O–H groups in total. The Balaban J connectivity index is 3.10. The molecule has 0 aromatic rings. The number of hydrogen-bond acceptors (Lipinski definition) is 6. The molecule has 14 heavy (non-hydrogen) atoms. The number of aliphatic hydroxyl groups excluding tert-OH is 1. The summed E-state index contributed by atoms with van der Waals surface area (Å²) in [6.07, 6.45) is 1.61. The van der Waals surface area contributed by atoms with Gasteiger partial charge in [-0.15, -0.1) is 23.5 Å². The molecule has 0 spiro atoms. The average Bonchev–Trinajstić information content (AvgIpc) is 2.18. The first-order valence-electron chi connectivity index (χ1n) is 3.97. The molecule has 1 amide bonds. The van der Waals surface area contributed by atoms with Crippen LogP contribution in [-0.2, 0) is 4.74 Å². The maximum absolute atomic E-state index is 10.9. The molecule has 0 aromatic heterocycles. The lowest BCUT2D eigenvalue weighted by molar-refractivity contribution is 0.166. The van der Waals surface area contributed by atoms with Gasteiger partial charge in [0, 0.05) is 17.4 Å². The van der Waals surface area contributed by atoms with Crippen LogP contribution >= 0.6 is 35.3 Å². The van der Waals surface area contributed by atoms with Crippen LogP contribution in [0.3, 0.4) is 0 Å². The molecule has 0 aliphatic carbocycles. The van der Waals surface area contributed by atoms with Gasteiger partial charge < -0.3 is 15.2 Å². The molecule has 0 fully saturated rings. The molecule has 0 atom stereocenters. The number of alkyl carbamates (subject to hydrolysis) is 1. The standard InChI is InChI=1S/C7H15NO3S3/c1-12-3-2-8-7(10)11-5-14-6-13-4-9/h9H,2-6H2,1H3,(H,8,10). The topological polar surface area (TPSA) is 58.6 Å². The Bertz CT molecular complexity index is 148. The second-order valence-corrected chi connectivity index (χ2v) is 5.36. The zero-order chi connectivity index (χ0) is 10.6. The van der Waals surface area contributed by atoms with Gasteiger partial charge in [-0.3, -0.25) is 0 Å². The average molecular weight is 257 g/mol. The molecular formula is C7H15NO3S3. The smallest absolute Gasteiger partial charge is 0.407 e. The summed E-state index contributed by atoms with van der Waals surface area (Å²) < 4.78 is 4.84. The minimum Gasteiger partial charge on any atom is -0.438 e. The third-order valence-electron chi connectivity index (χ3n) is 1.11. The number of nitrogens with one attached hydrogen (secondary N) is 1. The predicted molar refractivity (Wildman–Crippen MR) is 64.9 cm³/mol. The number of rotatable bonds is 8. The summed E-state index contributed by atoms with van der Waals surface area (Å²) in [4.78, 5) is 10.9. The van der Waals surface area contributed by atoms with Gasteiger partial charge in [0.25, 0.3) is 0 Å². The number of amides is 1. The third-order valence-corrected chi connectivity index (χ3v) is 3.52. The Hall–Kier alpha value is 0.280. The zero-order valence-electron chi connectivity index (χ0n) is 8.02. The van der Waals surface area contributed by atoms with Gasteiger partial charge in [0.05, 0.1) is 5.94 Å². The van der Waals surface area contributed by atoms with Gasteiger partial charge in [0.1, 0.15) is 5.94 Å². The summed E-state index contributed by atoms with van der Waals surface area (Å²) >= 11 is 4.52. The second-order valence-electron chi connectivity index (χ2n) is 2.12. The molecule has 0 aromatic carbocycles. The van der Waals surface area contributed by atoms with Crippen LogP contribution < -0.4 is 5.32 Å². The van der Waals surface area contributed by atoms with E-state index >= 15 is 0 Å². The maximum atomic E-state index is 10.9. The number of carbonyl (C=O) groups excluding carboxylic acids is 1.